The summed E-state index contributed by atoms with van der Waals surface area (Å²) in [6.45, 7) is 1.45. The molecule has 1 aromatic carbocycles. The first-order chi connectivity index (χ1) is 13.7. The smallest absolute Gasteiger partial charge is 0.247 e. The van der Waals surface area contributed by atoms with Crippen LogP contribution < -0.4 is 15.0 Å². The van der Waals surface area contributed by atoms with Gasteiger partial charge in [0.2, 0.25) is 5.95 Å². The van der Waals surface area contributed by atoms with Crippen molar-refractivity contribution in [1.82, 2.24) is 24.6 Å². The highest BCUT2D eigenvalue weighted by Gasteiger charge is 2.19. The Morgan fingerprint density at radius 2 is 2.04 bits per heavy atom. The van der Waals surface area contributed by atoms with Crippen molar-refractivity contribution >= 4 is 34.7 Å². The number of likely N-dealkylation sites (N-methyl/N-ethyl adjacent to an activating group) is 1. The van der Waals surface area contributed by atoms with E-state index in [4.69, 9.17) is 16.3 Å². The van der Waals surface area contributed by atoms with Gasteiger partial charge in [0.25, 0.3) is 0 Å². The maximum absolute atomic E-state index is 5.94. The van der Waals surface area contributed by atoms with Crippen molar-refractivity contribution < 1.29 is 4.74 Å². The van der Waals surface area contributed by atoms with Crippen molar-refractivity contribution in [2.45, 2.75) is 0 Å². The molecule has 8 nitrogen and oxygen atoms in total. The van der Waals surface area contributed by atoms with Crippen molar-refractivity contribution in [3.8, 4) is 17.0 Å². The molecular formula is C19H16ClN7O. The fourth-order valence-electron chi connectivity index (χ4n) is 3.09. The van der Waals surface area contributed by atoms with Gasteiger partial charge >= 0.3 is 0 Å². The first-order valence-electron chi connectivity index (χ1n) is 8.76. The minimum atomic E-state index is 0.471. The van der Waals surface area contributed by atoms with Crippen LogP contribution in [-0.2, 0) is 0 Å². The first-order valence-corrected chi connectivity index (χ1v) is 9.13. The van der Waals surface area contributed by atoms with E-state index < -0.39 is 0 Å². The number of fused-ring (bicyclic) bond motifs is 2. The Hall–Kier alpha value is -3.39. The summed E-state index contributed by atoms with van der Waals surface area (Å²) in [6.07, 6.45) is 5.23. The van der Waals surface area contributed by atoms with Crippen LogP contribution in [0.1, 0.15) is 0 Å². The molecule has 0 amide bonds. The minimum Gasteiger partial charge on any atom is -0.488 e. The predicted octanol–water partition coefficient (Wildman–Crippen LogP) is 3.41. The summed E-state index contributed by atoms with van der Waals surface area (Å²) >= 11 is 5.94. The summed E-state index contributed by atoms with van der Waals surface area (Å²) < 4.78 is 7.45. The third-order valence-corrected chi connectivity index (χ3v) is 4.76. The van der Waals surface area contributed by atoms with Crippen LogP contribution in [0.15, 0.2) is 48.9 Å². The van der Waals surface area contributed by atoms with Crippen LogP contribution in [0.3, 0.4) is 0 Å². The van der Waals surface area contributed by atoms with Gasteiger partial charge in [-0.15, -0.1) is 5.10 Å². The molecule has 0 unspecified atom stereocenters. The summed E-state index contributed by atoms with van der Waals surface area (Å²) in [5.74, 6) is 2.04. The third-order valence-electron chi connectivity index (χ3n) is 4.51. The van der Waals surface area contributed by atoms with Gasteiger partial charge in [0.15, 0.2) is 17.2 Å². The van der Waals surface area contributed by atoms with E-state index in [-0.39, 0.29) is 0 Å². The van der Waals surface area contributed by atoms with E-state index >= 15 is 0 Å². The van der Waals surface area contributed by atoms with Crippen LogP contribution in [-0.4, -0.2) is 44.8 Å². The number of nitrogens with one attached hydrogen (secondary N) is 1. The first kappa shape index (κ1) is 16.8. The summed E-state index contributed by atoms with van der Waals surface area (Å²) in [5, 5.41) is 8.33. The average Bonchev–Trinajstić information content (AvgIpc) is 3.12. The highest BCUT2D eigenvalue weighted by molar-refractivity contribution is 6.30. The minimum absolute atomic E-state index is 0.471. The molecule has 1 N–H and O–H groups in total. The Bertz CT molecular complexity index is 1160. The van der Waals surface area contributed by atoms with E-state index in [9.17, 15) is 0 Å². The molecule has 0 saturated carbocycles. The number of hydrogen-bond donors (Lipinski definition) is 1. The van der Waals surface area contributed by atoms with E-state index in [1.807, 2.05) is 37.4 Å². The number of pyridine rings is 1. The predicted molar refractivity (Wildman–Crippen MR) is 108 cm³/mol. The van der Waals surface area contributed by atoms with E-state index in [0.29, 0.717) is 28.9 Å². The molecule has 0 atom stereocenters. The molecule has 3 aromatic heterocycles. The summed E-state index contributed by atoms with van der Waals surface area (Å²) in [4.78, 5) is 15.7. The van der Waals surface area contributed by atoms with Gasteiger partial charge in [-0.3, -0.25) is 4.98 Å². The average molecular weight is 394 g/mol. The lowest BCUT2D eigenvalue weighted by atomic mass is 10.2. The highest BCUT2D eigenvalue weighted by Crippen LogP contribution is 2.33. The molecule has 4 aromatic rings. The second-order valence-electron chi connectivity index (χ2n) is 6.43. The lowest BCUT2D eigenvalue weighted by Gasteiger charge is -2.26. The molecule has 0 spiro atoms. The Labute approximate surface area is 165 Å². The van der Waals surface area contributed by atoms with E-state index in [1.54, 1.807) is 23.1 Å². The number of ether oxygens (including phenoxy) is 1. The zero-order valence-electron chi connectivity index (χ0n) is 15.0. The van der Waals surface area contributed by atoms with Crippen LogP contribution >= 0.6 is 11.6 Å². The van der Waals surface area contributed by atoms with E-state index in [2.05, 4.69) is 30.3 Å². The van der Waals surface area contributed by atoms with Crippen molar-refractivity contribution in [2.24, 2.45) is 0 Å². The zero-order chi connectivity index (χ0) is 19.1. The van der Waals surface area contributed by atoms with Gasteiger partial charge in [-0.1, -0.05) is 11.6 Å². The summed E-state index contributed by atoms with van der Waals surface area (Å²) in [7, 11) is 2.00. The highest BCUT2D eigenvalue weighted by atomic mass is 35.5. The van der Waals surface area contributed by atoms with Gasteiger partial charge in [0.05, 0.1) is 6.54 Å². The molecule has 28 heavy (non-hydrogen) atoms. The molecule has 4 heterocycles. The summed E-state index contributed by atoms with van der Waals surface area (Å²) in [6, 6.07) is 9.30. The van der Waals surface area contributed by atoms with Gasteiger partial charge < -0.3 is 15.0 Å². The van der Waals surface area contributed by atoms with Gasteiger partial charge in [0.1, 0.15) is 12.3 Å². The number of anilines is 3. The number of halogens is 1. The maximum Gasteiger partial charge on any atom is 0.247 e. The molecular weight excluding hydrogens is 378 g/mol. The lowest BCUT2D eigenvalue weighted by molar-refractivity contribution is 0.309. The van der Waals surface area contributed by atoms with Gasteiger partial charge in [-0.05, 0) is 30.3 Å². The largest absolute Gasteiger partial charge is 0.488 e. The molecule has 1 aliphatic rings. The molecule has 0 saturated heterocycles. The number of nitrogens with zero attached hydrogens (tertiary/aromatic N) is 6. The van der Waals surface area contributed by atoms with Crippen molar-refractivity contribution in [3.05, 3.63) is 53.9 Å². The molecule has 0 aliphatic carbocycles. The number of hydrogen-bond acceptors (Lipinski definition) is 7. The maximum atomic E-state index is 5.94. The molecule has 0 radical (unpaired) electrons. The van der Waals surface area contributed by atoms with Crippen LogP contribution in [0.2, 0.25) is 5.02 Å². The number of rotatable bonds is 3. The number of benzene rings is 1. The molecule has 0 bridgehead atoms. The fourth-order valence-corrected chi connectivity index (χ4v) is 3.22. The topological polar surface area (TPSA) is 80.5 Å². The Morgan fingerprint density at radius 1 is 1.18 bits per heavy atom. The summed E-state index contributed by atoms with van der Waals surface area (Å²) in [5.41, 5.74) is 2.99. The second kappa shape index (κ2) is 6.65. The molecule has 9 heteroatoms. The Morgan fingerprint density at radius 3 is 2.89 bits per heavy atom. The monoisotopic (exact) mass is 393 g/mol. The third kappa shape index (κ3) is 2.97. The number of aromatic nitrogens is 5. The molecule has 140 valence electrons. The molecule has 1 aliphatic heterocycles. The van der Waals surface area contributed by atoms with Crippen LogP contribution in [0, 0.1) is 0 Å². The van der Waals surface area contributed by atoms with E-state index in [1.165, 1.54) is 0 Å². The fraction of sp³-hybridized carbons (Fsp3) is 0.158. The SMILES string of the molecule is CN1CCOc2cc(-c3nccn4nc(Nc5ccc(Cl)cc5)nc34)cnc21. The van der Waals surface area contributed by atoms with Gasteiger partial charge in [-0.2, -0.15) is 4.98 Å². The molecule has 0 fully saturated rings. The van der Waals surface area contributed by atoms with Crippen LogP contribution in [0.25, 0.3) is 16.9 Å². The van der Waals surface area contributed by atoms with Crippen molar-refractivity contribution in [1.29, 1.82) is 0 Å². The standard InChI is InChI=1S/C19H16ClN7O/c1-26-8-9-28-15-10-12(11-22-17(15)26)16-18-24-19(25-27(18)7-6-21-16)23-14-4-2-13(20)3-5-14/h2-7,10-11H,8-9H2,1H3,(H,23,25). The zero-order valence-corrected chi connectivity index (χ0v) is 15.8. The van der Waals surface area contributed by atoms with Gasteiger partial charge in [0, 0.05) is 41.9 Å². The van der Waals surface area contributed by atoms with Crippen LogP contribution in [0.5, 0.6) is 5.75 Å². The normalized spacial score (nSPS) is 13.3. The van der Waals surface area contributed by atoms with Crippen molar-refractivity contribution in [2.75, 3.05) is 30.4 Å². The van der Waals surface area contributed by atoms with E-state index in [0.717, 1.165) is 29.4 Å². The second-order valence-corrected chi connectivity index (χ2v) is 6.86. The molecule has 5 rings (SSSR count). The van der Waals surface area contributed by atoms with Crippen LogP contribution in [0.4, 0.5) is 17.5 Å². The Kier molecular flexibility index (Phi) is 3.98. The van der Waals surface area contributed by atoms with Gasteiger partial charge in [-0.25, -0.2) is 9.50 Å². The Balaban J connectivity index is 1.53. The lowest BCUT2D eigenvalue weighted by Crippen LogP contribution is -2.29. The van der Waals surface area contributed by atoms with Crippen molar-refractivity contribution in [3.63, 3.8) is 0 Å². The quantitative estimate of drug-likeness (QED) is 0.571.